The van der Waals surface area contributed by atoms with Gasteiger partial charge in [-0.15, -0.1) is 0 Å². The Morgan fingerprint density at radius 1 is 1.33 bits per heavy atom. The van der Waals surface area contributed by atoms with Gasteiger partial charge in [-0.1, -0.05) is 11.3 Å². The fourth-order valence-electron chi connectivity index (χ4n) is 1.33. The van der Waals surface area contributed by atoms with E-state index in [1.807, 2.05) is 32.0 Å². The lowest BCUT2D eigenvalue weighted by Gasteiger charge is -2.04. The van der Waals surface area contributed by atoms with Crippen molar-refractivity contribution >= 4 is 26.8 Å². The van der Waals surface area contributed by atoms with Crippen LogP contribution in [0.3, 0.4) is 0 Å². The first-order valence-corrected chi connectivity index (χ1v) is 5.43. The molecule has 0 fully saturated rings. The highest BCUT2D eigenvalue weighted by atomic mass is 32.1. The highest BCUT2D eigenvalue weighted by Crippen LogP contribution is 2.29. The van der Waals surface area contributed by atoms with Crippen LogP contribution in [0, 0.1) is 6.92 Å². The summed E-state index contributed by atoms with van der Waals surface area (Å²) in [6.45, 7) is 1.97. The van der Waals surface area contributed by atoms with Crippen molar-refractivity contribution in [1.82, 2.24) is 9.97 Å². The molecule has 80 valence electrons. The minimum Gasteiger partial charge on any atom is -0.481 e. The Balaban J connectivity index is 2.61. The van der Waals surface area contributed by atoms with Gasteiger partial charge in [-0.05, 0) is 13.0 Å². The van der Waals surface area contributed by atoms with Gasteiger partial charge in [0.2, 0.25) is 5.88 Å². The molecular formula is C10H13N3OS. The average molecular weight is 223 g/mol. The Hall–Kier alpha value is -1.36. The van der Waals surface area contributed by atoms with Gasteiger partial charge >= 0.3 is 0 Å². The van der Waals surface area contributed by atoms with E-state index in [9.17, 15) is 0 Å². The molecule has 2 aromatic rings. The number of ether oxygens (including phenoxy) is 1. The predicted octanol–water partition coefficient (Wildman–Crippen LogP) is 2.07. The van der Waals surface area contributed by atoms with Gasteiger partial charge in [0.05, 0.1) is 7.11 Å². The molecule has 0 aromatic carbocycles. The summed E-state index contributed by atoms with van der Waals surface area (Å²) < 4.78 is 5.18. The van der Waals surface area contributed by atoms with Crippen molar-refractivity contribution in [2.75, 3.05) is 26.1 Å². The van der Waals surface area contributed by atoms with Crippen LogP contribution in [-0.4, -0.2) is 31.2 Å². The van der Waals surface area contributed by atoms with Gasteiger partial charge in [0.25, 0.3) is 0 Å². The number of fused-ring (bicyclic) bond motifs is 1. The molecule has 0 spiro atoms. The fraction of sp³-hybridized carbons (Fsp3) is 0.400. The van der Waals surface area contributed by atoms with Gasteiger partial charge < -0.3 is 9.64 Å². The summed E-state index contributed by atoms with van der Waals surface area (Å²) in [6.07, 6.45) is 0. The number of pyridine rings is 1. The largest absolute Gasteiger partial charge is 0.481 e. The van der Waals surface area contributed by atoms with E-state index in [-0.39, 0.29) is 0 Å². The molecule has 2 aromatic heterocycles. The van der Waals surface area contributed by atoms with Crippen molar-refractivity contribution in [3.63, 3.8) is 0 Å². The van der Waals surface area contributed by atoms with E-state index in [0.29, 0.717) is 5.88 Å². The lowest BCUT2D eigenvalue weighted by molar-refractivity contribution is 0.396. The maximum atomic E-state index is 5.18. The summed E-state index contributed by atoms with van der Waals surface area (Å²) in [7, 11) is 5.58. The molecule has 0 amide bonds. The van der Waals surface area contributed by atoms with Crippen LogP contribution >= 0.6 is 11.3 Å². The van der Waals surface area contributed by atoms with E-state index in [4.69, 9.17) is 4.74 Å². The van der Waals surface area contributed by atoms with Crippen molar-refractivity contribution in [2.45, 2.75) is 6.92 Å². The summed E-state index contributed by atoms with van der Waals surface area (Å²) in [6, 6.07) is 2.00. The molecule has 2 rings (SSSR count). The van der Waals surface area contributed by atoms with Crippen LogP contribution in [0.1, 0.15) is 5.56 Å². The first kappa shape index (κ1) is 10.2. The van der Waals surface area contributed by atoms with Crippen LogP contribution in [0.4, 0.5) is 5.13 Å². The minimum atomic E-state index is 0.677. The summed E-state index contributed by atoms with van der Waals surface area (Å²) in [5.74, 6) is 0.677. The lowest BCUT2D eigenvalue weighted by Crippen LogP contribution is -2.07. The molecular weight excluding hydrogens is 210 g/mol. The summed E-state index contributed by atoms with van der Waals surface area (Å²) in [5.41, 5.74) is 1.95. The zero-order valence-electron chi connectivity index (χ0n) is 9.24. The van der Waals surface area contributed by atoms with E-state index in [1.54, 1.807) is 18.4 Å². The highest BCUT2D eigenvalue weighted by molar-refractivity contribution is 7.21. The van der Waals surface area contributed by atoms with Gasteiger partial charge in [0.15, 0.2) is 5.13 Å². The SMILES string of the molecule is COc1nc2sc(N(C)C)nc2cc1C. The molecule has 0 aliphatic carbocycles. The fourth-order valence-corrected chi connectivity index (χ4v) is 2.17. The highest BCUT2D eigenvalue weighted by Gasteiger charge is 2.09. The molecule has 2 heterocycles. The summed E-state index contributed by atoms with van der Waals surface area (Å²) in [4.78, 5) is 11.8. The molecule has 0 unspecified atom stereocenters. The molecule has 0 bridgehead atoms. The number of thiazole rings is 1. The maximum absolute atomic E-state index is 5.18. The van der Waals surface area contributed by atoms with E-state index < -0.39 is 0 Å². The Kier molecular flexibility index (Phi) is 2.48. The van der Waals surface area contributed by atoms with Crippen LogP contribution < -0.4 is 9.64 Å². The Morgan fingerprint density at radius 2 is 2.07 bits per heavy atom. The standard InChI is InChI=1S/C10H13N3OS/c1-6-5-7-9(12-8(6)14-4)15-10(11-7)13(2)3/h5H,1-4H3. The quantitative estimate of drug-likeness (QED) is 0.781. The number of nitrogens with zero attached hydrogens (tertiary/aromatic N) is 3. The van der Waals surface area contributed by atoms with Gasteiger partial charge in [-0.2, -0.15) is 0 Å². The smallest absolute Gasteiger partial charge is 0.217 e. The van der Waals surface area contributed by atoms with E-state index in [2.05, 4.69) is 9.97 Å². The van der Waals surface area contributed by atoms with Gasteiger partial charge in [-0.3, -0.25) is 0 Å². The number of aryl methyl sites for hydroxylation is 1. The van der Waals surface area contributed by atoms with Crippen molar-refractivity contribution in [2.24, 2.45) is 0 Å². The Morgan fingerprint density at radius 3 is 2.67 bits per heavy atom. The van der Waals surface area contributed by atoms with Crippen LogP contribution in [0.2, 0.25) is 0 Å². The average Bonchev–Trinajstić information content (AvgIpc) is 2.59. The normalized spacial score (nSPS) is 10.7. The second kappa shape index (κ2) is 3.66. The second-order valence-electron chi connectivity index (χ2n) is 3.53. The molecule has 0 saturated carbocycles. The Bertz CT molecular complexity index is 493. The molecule has 4 nitrogen and oxygen atoms in total. The van der Waals surface area contributed by atoms with Gasteiger partial charge in [0, 0.05) is 19.7 Å². The van der Waals surface area contributed by atoms with Gasteiger partial charge in [0.1, 0.15) is 10.3 Å². The Labute approximate surface area is 92.5 Å². The van der Waals surface area contributed by atoms with Crippen molar-refractivity contribution in [1.29, 1.82) is 0 Å². The number of hydrogen-bond donors (Lipinski definition) is 0. The topological polar surface area (TPSA) is 38.2 Å². The van der Waals surface area contributed by atoms with Crippen LogP contribution in [0.5, 0.6) is 5.88 Å². The van der Waals surface area contributed by atoms with Crippen molar-refractivity contribution in [3.05, 3.63) is 11.6 Å². The first-order valence-electron chi connectivity index (χ1n) is 4.61. The third-order valence-corrected chi connectivity index (χ3v) is 3.23. The van der Waals surface area contributed by atoms with E-state index in [0.717, 1.165) is 21.0 Å². The molecule has 15 heavy (non-hydrogen) atoms. The number of methoxy groups -OCH3 is 1. The first-order chi connectivity index (χ1) is 7.11. The third kappa shape index (κ3) is 1.74. The van der Waals surface area contributed by atoms with E-state index >= 15 is 0 Å². The number of anilines is 1. The zero-order chi connectivity index (χ0) is 11.0. The van der Waals surface area contributed by atoms with Crippen LogP contribution in [0.15, 0.2) is 6.07 Å². The maximum Gasteiger partial charge on any atom is 0.217 e. The molecule has 0 aliphatic rings. The number of rotatable bonds is 2. The number of hydrogen-bond acceptors (Lipinski definition) is 5. The van der Waals surface area contributed by atoms with Gasteiger partial charge in [-0.25, -0.2) is 9.97 Å². The zero-order valence-corrected chi connectivity index (χ0v) is 10.1. The van der Waals surface area contributed by atoms with Crippen molar-refractivity contribution in [3.8, 4) is 5.88 Å². The second-order valence-corrected chi connectivity index (χ2v) is 4.49. The monoisotopic (exact) mass is 223 g/mol. The molecule has 5 heteroatoms. The lowest BCUT2D eigenvalue weighted by atomic mass is 10.3. The predicted molar refractivity (Wildman–Crippen MR) is 63.0 cm³/mol. The molecule has 0 N–H and O–H groups in total. The molecule has 0 radical (unpaired) electrons. The van der Waals surface area contributed by atoms with Crippen LogP contribution in [0.25, 0.3) is 10.3 Å². The minimum absolute atomic E-state index is 0.677. The van der Waals surface area contributed by atoms with E-state index in [1.165, 1.54) is 0 Å². The van der Waals surface area contributed by atoms with Crippen molar-refractivity contribution < 1.29 is 4.74 Å². The molecule has 0 aliphatic heterocycles. The third-order valence-electron chi connectivity index (χ3n) is 2.09. The van der Waals surface area contributed by atoms with Crippen LogP contribution in [-0.2, 0) is 0 Å². The summed E-state index contributed by atoms with van der Waals surface area (Å²) in [5, 5.41) is 0.963. The molecule has 0 saturated heterocycles. The summed E-state index contributed by atoms with van der Waals surface area (Å²) >= 11 is 1.57. The molecule has 0 atom stereocenters. The number of aromatic nitrogens is 2.